The fourth-order valence-electron chi connectivity index (χ4n) is 3.40. The average molecular weight is 365 g/mol. The minimum Gasteiger partial charge on any atom is -0.478 e. The molecule has 0 bridgehead atoms. The van der Waals surface area contributed by atoms with Crippen LogP contribution in [-0.2, 0) is 13.0 Å². The van der Waals surface area contributed by atoms with Gasteiger partial charge in [0.25, 0.3) is 5.91 Å². The van der Waals surface area contributed by atoms with Crippen LogP contribution in [0.15, 0.2) is 36.7 Å². The molecule has 0 radical (unpaired) electrons. The molecule has 138 valence electrons. The second-order valence-electron chi connectivity index (χ2n) is 6.55. The molecule has 4 rings (SSSR count). The Morgan fingerprint density at radius 3 is 2.74 bits per heavy atom. The zero-order valence-electron chi connectivity index (χ0n) is 14.8. The molecule has 0 unspecified atom stereocenters. The van der Waals surface area contributed by atoms with Crippen molar-refractivity contribution in [3.05, 3.63) is 59.2 Å². The van der Waals surface area contributed by atoms with Gasteiger partial charge in [-0.25, -0.2) is 9.48 Å². The number of rotatable bonds is 4. The van der Waals surface area contributed by atoms with E-state index in [0.717, 1.165) is 31.5 Å². The topological polar surface area (TPSA) is 102 Å². The molecule has 0 atom stereocenters. The quantitative estimate of drug-likeness (QED) is 0.740. The summed E-state index contributed by atoms with van der Waals surface area (Å²) >= 11 is 0. The average Bonchev–Trinajstić information content (AvgIpc) is 3.25. The molecule has 8 heteroatoms. The van der Waals surface area contributed by atoms with Crippen molar-refractivity contribution in [3.63, 3.8) is 0 Å². The van der Waals surface area contributed by atoms with Gasteiger partial charge in [-0.2, -0.15) is 10.2 Å². The molecule has 1 aliphatic rings. The Morgan fingerprint density at radius 2 is 1.96 bits per heavy atom. The molecule has 0 saturated carbocycles. The smallest absolute Gasteiger partial charge is 0.339 e. The van der Waals surface area contributed by atoms with Crippen molar-refractivity contribution in [2.45, 2.75) is 32.7 Å². The Morgan fingerprint density at radius 1 is 1.15 bits per heavy atom. The monoisotopic (exact) mass is 365 g/mol. The number of amides is 1. The van der Waals surface area contributed by atoms with Gasteiger partial charge < -0.3 is 10.4 Å². The van der Waals surface area contributed by atoms with E-state index in [0.29, 0.717) is 22.6 Å². The predicted octanol–water partition coefficient (Wildman–Crippen LogP) is 2.66. The third kappa shape index (κ3) is 3.10. The van der Waals surface area contributed by atoms with Gasteiger partial charge in [0.15, 0.2) is 0 Å². The SMILES string of the molecule is Cc1c(C(=O)O)cnn1-c1cccc(NC(=O)c2cnn3c2CCCC3)c1. The van der Waals surface area contributed by atoms with Gasteiger partial charge in [-0.15, -0.1) is 0 Å². The summed E-state index contributed by atoms with van der Waals surface area (Å²) in [7, 11) is 0. The lowest BCUT2D eigenvalue weighted by Crippen LogP contribution is -2.17. The second kappa shape index (κ2) is 6.71. The summed E-state index contributed by atoms with van der Waals surface area (Å²) in [5, 5.41) is 20.5. The van der Waals surface area contributed by atoms with Crippen molar-refractivity contribution in [2.24, 2.45) is 0 Å². The minimum atomic E-state index is -1.02. The van der Waals surface area contributed by atoms with Crippen LogP contribution in [0.4, 0.5) is 5.69 Å². The number of anilines is 1. The molecule has 1 aliphatic heterocycles. The highest BCUT2D eigenvalue weighted by molar-refractivity contribution is 6.05. The fraction of sp³-hybridized carbons (Fsp3) is 0.263. The van der Waals surface area contributed by atoms with Crippen LogP contribution in [-0.4, -0.2) is 36.5 Å². The van der Waals surface area contributed by atoms with Gasteiger partial charge in [0.1, 0.15) is 5.56 Å². The Hall–Kier alpha value is -3.42. The van der Waals surface area contributed by atoms with Crippen molar-refractivity contribution in [3.8, 4) is 5.69 Å². The summed E-state index contributed by atoms with van der Waals surface area (Å²) < 4.78 is 3.44. The predicted molar refractivity (Wildman–Crippen MR) is 98.4 cm³/mol. The van der Waals surface area contributed by atoms with Crippen LogP contribution in [0.1, 0.15) is 44.9 Å². The van der Waals surface area contributed by atoms with Gasteiger partial charge in [-0.3, -0.25) is 9.48 Å². The molecular formula is C19H19N5O3. The Bertz CT molecular complexity index is 1030. The van der Waals surface area contributed by atoms with Gasteiger partial charge in [0, 0.05) is 12.2 Å². The molecule has 1 aromatic carbocycles. The lowest BCUT2D eigenvalue weighted by molar-refractivity contribution is 0.0696. The first-order chi connectivity index (χ1) is 13.0. The highest BCUT2D eigenvalue weighted by atomic mass is 16.4. The van der Waals surface area contributed by atoms with Crippen LogP contribution < -0.4 is 5.32 Å². The van der Waals surface area contributed by atoms with Crippen LogP contribution in [0.5, 0.6) is 0 Å². The zero-order chi connectivity index (χ0) is 19.0. The number of hydrogen-bond donors (Lipinski definition) is 2. The van der Waals surface area contributed by atoms with Crippen LogP contribution in [0.3, 0.4) is 0 Å². The van der Waals surface area contributed by atoms with Gasteiger partial charge >= 0.3 is 5.97 Å². The van der Waals surface area contributed by atoms with Crippen LogP contribution in [0.25, 0.3) is 5.69 Å². The van der Waals surface area contributed by atoms with E-state index in [-0.39, 0.29) is 11.5 Å². The lowest BCUT2D eigenvalue weighted by Gasteiger charge is -2.14. The third-order valence-electron chi connectivity index (χ3n) is 4.82. The Balaban J connectivity index is 1.59. The van der Waals surface area contributed by atoms with E-state index in [9.17, 15) is 14.7 Å². The Labute approximate surface area is 155 Å². The largest absolute Gasteiger partial charge is 0.478 e. The van der Waals surface area contributed by atoms with Crippen molar-refractivity contribution in [1.82, 2.24) is 19.6 Å². The van der Waals surface area contributed by atoms with E-state index in [1.807, 2.05) is 10.7 Å². The number of carbonyl (C=O) groups excluding carboxylic acids is 1. The van der Waals surface area contributed by atoms with Crippen LogP contribution in [0, 0.1) is 6.92 Å². The number of benzene rings is 1. The van der Waals surface area contributed by atoms with E-state index < -0.39 is 5.97 Å². The number of aromatic nitrogens is 4. The third-order valence-corrected chi connectivity index (χ3v) is 4.82. The molecular weight excluding hydrogens is 346 g/mol. The number of nitrogens with zero attached hydrogens (tertiary/aromatic N) is 4. The van der Waals surface area contributed by atoms with E-state index in [2.05, 4.69) is 15.5 Å². The second-order valence-corrected chi connectivity index (χ2v) is 6.55. The first-order valence-corrected chi connectivity index (χ1v) is 8.79. The zero-order valence-corrected chi connectivity index (χ0v) is 14.8. The summed E-state index contributed by atoms with van der Waals surface area (Å²) in [6.07, 6.45) is 5.94. The molecule has 0 spiro atoms. The van der Waals surface area contributed by atoms with Gasteiger partial charge in [-0.05, 0) is 44.4 Å². The maximum atomic E-state index is 12.7. The minimum absolute atomic E-state index is 0.149. The first-order valence-electron chi connectivity index (χ1n) is 8.79. The highest BCUT2D eigenvalue weighted by Gasteiger charge is 2.20. The number of aryl methyl sites for hydroxylation is 1. The van der Waals surface area contributed by atoms with Crippen molar-refractivity contribution < 1.29 is 14.7 Å². The number of hydrogen-bond acceptors (Lipinski definition) is 4. The molecule has 0 saturated heterocycles. The number of nitrogens with one attached hydrogen (secondary N) is 1. The summed E-state index contributed by atoms with van der Waals surface area (Å²) in [6, 6.07) is 7.15. The first kappa shape index (κ1) is 17.0. The van der Waals surface area contributed by atoms with Crippen molar-refractivity contribution in [1.29, 1.82) is 0 Å². The van der Waals surface area contributed by atoms with E-state index in [1.165, 1.54) is 6.20 Å². The summed E-state index contributed by atoms with van der Waals surface area (Å²) in [6.45, 7) is 2.55. The number of carboxylic acids is 1. The van der Waals surface area contributed by atoms with Crippen molar-refractivity contribution in [2.75, 3.05) is 5.32 Å². The van der Waals surface area contributed by atoms with Gasteiger partial charge in [0.2, 0.25) is 0 Å². The number of fused-ring (bicyclic) bond motifs is 1. The maximum absolute atomic E-state index is 12.7. The molecule has 3 aromatic rings. The maximum Gasteiger partial charge on any atom is 0.339 e. The fourth-order valence-corrected chi connectivity index (χ4v) is 3.40. The lowest BCUT2D eigenvalue weighted by atomic mass is 10.1. The van der Waals surface area contributed by atoms with Gasteiger partial charge in [0.05, 0.1) is 35.0 Å². The van der Waals surface area contributed by atoms with E-state index in [1.54, 1.807) is 36.0 Å². The number of aromatic carboxylic acids is 1. The van der Waals surface area contributed by atoms with Crippen LogP contribution >= 0.6 is 0 Å². The Kier molecular flexibility index (Phi) is 4.23. The summed E-state index contributed by atoms with van der Waals surface area (Å²) in [4.78, 5) is 23.9. The number of carbonyl (C=O) groups is 2. The van der Waals surface area contributed by atoms with Crippen LogP contribution in [0.2, 0.25) is 0 Å². The standard InChI is InChI=1S/C19H19N5O3/c1-12-15(19(26)27)10-21-24(12)14-6-4-5-13(9-14)22-18(25)16-11-20-23-8-3-2-7-17(16)23/h4-6,9-11H,2-3,7-8H2,1H3,(H,22,25)(H,26,27). The van der Waals surface area contributed by atoms with Crippen molar-refractivity contribution >= 4 is 17.6 Å². The molecule has 3 heterocycles. The highest BCUT2D eigenvalue weighted by Crippen LogP contribution is 2.21. The molecule has 1 amide bonds. The molecule has 2 N–H and O–H groups in total. The summed E-state index contributed by atoms with van der Waals surface area (Å²) in [5.41, 5.74) is 3.54. The molecule has 27 heavy (non-hydrogen) atoms. The molecule has 0 aliphatic carbocycles. The summed E-state index contributed by atoms with van der Waals surface area (Å²) in [5.74, 6) is -1.21. The number of carboxylic acid groups (broad SMARTS) is 1. The molecule has 2 aromatic heterocycles. The normalized spacial score (nSPS) is 13.2. The van der Waals surface area contributed by atoms with E-state index >= 15 is 0 Å². The van der Waals surface area contributed by atoms with Gasteiger partial charge in [-0.1, -0.05) is 6.07 Å². The van der Waals surface area contributed by atoms with E-state index in [4.69, 9.17) is 0 Å². The molecule has 8 nitrogen and oxygen atoms in total. The molecule has 0 fully saturated rings.